The van der Waals surface area contributed by atoms with E-state index in [-0.39, 0.29) is 0 Å². The van der Waals surface area contributed by atoms with Gasteiger partial charge in [-0.3, -0.25) is 4.57 Å². The molecule has 2 heterocycles. The van der Waals surface area contributed by atoms with E-state index >= 15 is 0 Å². The lowest BCUT2D eigenvalue weighted by atomic mass is 9.87. The summed E-state index contributed by atoms with van der Waals surface area (Å²) in [5.41, 5.74) is 8.90. The molecule has 0 aliphatic carbocycles. The summed E-state index contributed by atoms with van der Waals surface area (Å²) in [5, 5.41) is 0. The Labute approximate surface area is 154 Å². The van der Waals surface area contributed by atoms with Gasteiger partial charge in [-0.1, -0.05) is 75.4 Å². The standard InChI is InChI=1S/C24H22N2/c1-15(2)17-11-8-12-19-16(3)18-9-4-5-10-20(18)24-25-21-13-6-7-14-22(21)26(24)23(17)19/h4-16H,1-3H3. The number of rotatable bonds is 1. The van der Waals surface area contributed by atoms with Gasteiger partial charge in [0.25, 0.3) is 0 Å². The maximum absolute atomic E-state index is 5.05. The predicted molar refractivity (Wildman–Crippen MR) is 108 cm³/mol. The van der Waals surface area contributed by atoms with Crippen LogP contribution in [0, 0.1) is 0 Å². The molecule has 1 aromatic heterocycles. The van der Waals surface area contributed by atoms with Gasteiger partial charge in [0.15, 0.2) is 0 Å². The third-order valence-corrected chi connectivity index (χ3v) is 5.64. The Hall–Kier alpha value is -2.87. The molecule has 0 saturated heterocycles. The number of para-hydroxylation sites is 3. The fourth-order valence-corrected chi connectivity index (χ4v) is 4.33. The number of hydrogen-bond donors (Lipinski definition) is 0. The van der Waals surface area contributed by atoms with Crippen molar-refractivity contribution in [3.8, 4) is 17.1 Å². The van der Waals surface area contributed by atoms with Gasteiger partial charge in [-0.25, -0.2) is 4.98 Å². The second-order valence-corrected chi connectivity index (χ2v) is 7.51. The first-order valence-electron chi connectivity index (χ1n) is 9.36. The van der Waals surface area contributed by atoms with E-state index in [2.05, 4.69) is 92.1 Å². The first-order chi connectivity index (χ1) is 12.7. The van der Waals surface area contributed by atoms with Crippen molar-refractivity contribution in [2.24, 2.45) is 0 Å². The molecule has 1 atom stereocenters. The molecule has 2 heteroatoms. The number of hydrogen-bond acceptors (Lipinski definition) is 1. The van der Waals surface area contributed by atoms with Gasteiger partial charge in [-0.2, -0.15) is 0 Å². The van der Waals surface area contributed by atoms with Crippen LogP contribution in [0.25, 0.3) is 28.1 Å². The van der Waals surface area contributed by atoms with Crippen molar-refractivity contribution in [1.82, 2.24) is 9.55 Å². The summed E-state index contributed by atoms with van der Waals surface area (Å²) >= 11 is 0. The molecule has 0 amide bonds. The minimum absolute atomic E-state index is 0.334. The molecule has 2 nitrogen and oxygen atoms in total. The lowest BCUT2D eigenvalue weighted by molar-refractivity contribution is 0.835. The molecule has 3 aromatic carbocycles. The van der Waals surface area contributed by atoms with Crippen LogP contribution >= 0.6 is 0 Å². The van der Waals surface area contributed by atoms with Gasteiger partial charge in [-0.15, -0.1) is 0 Å². The first kappa shape index (κ1) is 15.4. The van der Waals surface area contributed by atoms with Gasteiger partial charge in [0.2, 0.25) is 0 Å². The van der Waals surface area contributed by atoms with Gasteiger partial charge in [0.05, 0.1) is 16.7 Å². The Bertz CT molecular complexity index is 1130. The van der Waals surface area contributed by atoms with Crippen LogP contribution in [0.5, 0.6) is 0 Å². The first-order valence-corrected chi connectivity index (χ1v) is 9.36. The van der Waals surface area contributed by atoms with Crippen molar-refractivity contribution < 1.29 is 0 Å². The van der Waals surface area contributed by atoms with Crippen LogP contribution in [0.4, 0.5) is 0 Å². The maximum Gasteiger partial charge on any atom is 0.146 e. The van der Waals surface area contributed by atoms with Crippen LogP contribution in [0.3, 0.4) is 0 Å². The third-order valence-electron chi connectivity index (χ3n) is 5.64. The lowest BCUT2D eigenvalue weighted by Gasteiger charge is -2.21. The van der Waals surface area contributed by atoms with Gasteiger partial charge in [0.1, 0.15) is 5.82 Å². The Kier molecular flexibility index (Phi) is 3.30. The lowest BCUT2D eigenvalue weighted by Crippen LogP contribution is -2.06. The van der Waals surface area contributed by atoms with Crippen LogP contribution in [0.2, 0.25) is 0 Å². The summed E-state index contributed by atoms with van der Waals surface area (Å²) in [4.78, 5) is 5.05. The fraction of sp³-hybridized carbons (Fsp3) is 0.208. The average Bonchev–Trinajstić information content (AvgIpc) is 3.01. The van der Waals surface area contributed by atoms with E-state index in [0.717, 1.165) is 11.3 Å². The van der Waals surface area contributed by atoms with E-state index < -0.39 is 0 Å². The summed E-state index contributed by atoms with van der Waals surface area (Å²) in [5.74, 6) is 1.84. The Balaban J connectivity index is 2.02. The second-order valence-electron chi connectivity index (χ2n) is 7.51. The summed E-state index contributed by atoms with van der Waals surface area (Å²) in [6, 6.07) is 24.0. The highest BCUT2D eigenvalue weighted by Gasteiger charge is 2.28. The number of nitrogens with zero attached hydrogens (tertiary/aromatic N) is 2. The molecule has 26 heavy (non-hydrogen) atoms. The van der Waals surface area contributed by atoms with E-state index in [1.54, 1.807) is 0 Å². The zero-order valence-electron chi connectivity index (χ0n) is 15.4. The maximum atomic E-state index is 5.05. The molecule has 0 bridgehead atoms. The largest absolute Gasteiger partial charge is 0.292 e. The van der Waals surface area contributed by atoms with Gasteiger partial charge >= 0.3 is 0 Å². The van der Waals surface area contributed by atoms with Crippen LogP contribution < -0.4 is 0 Å². The average molecular weight is 338 g/mol. The van der Waals surface area contributed by atoms with Crippen LogP contribution in [-0.4, -0.2) is 9.55 Å². The van der Waals surface area contributed by atoms with Gasteiger partial charge in [-0.05, 0) is 34.7 Å². The predicted octanol–water partition coefficient (Wildman–Crippen LogP) is 6.28. The SMILES string of the molecule is CC(C)c1cccc2c1-n1c(nc3ccccc31)-c1ccccc1C2C. The Morgan fingerprint density at radius 2 is 1.58 bits per heavy atom. The van der Waals surface area contributed by atoms with Crippen molar-refractivity contribution >= 4 is 11.0 Å². The number of imidazole rings is 1. The quantitative estimate of drug-likeness (QED) is 0.399. The molecule has 0 fully saturated rings. The van der Waals surface area contributed by atoms with E-state index in [1.807, 2.05) is 0 Å². The zero-order valence-corrected chi connectivity index (χ0v) is 15.4. The molecule has 1 unspecified atom stereocenters. The highest BCUT2D eigenvalue weighted by atomic mass is 15.1. The Morgan fingerprint density at radius 1 is 0.846 bits per heavy atom. The molecule has 0 saturated carbocycles. The van der Waals surface area contributed by atoms with Crippen LogP contribution in [-0.2, 0) is 0 Å². The molecule has 128 valence electrons. The van der Waals surface area contributed by atoms with Crippen molar-refractivity contribution in [3.63, 3.8) is 0 Å². The molecule has 5 rings (SSSR count). The van der Waals surface area contributed by atoms with E-state index in [4.69, 9.17) is 4.98 Å². The highest BCUT2D eigenvalue weighted by molar-refractivity contribution is 5.86. The van der Waals surface area contributed by atoms with E-state index in [0.29, 0.717) is 11.8 Å². The molecule has 0 radical (unpaired) electrons. The van der Waals surface area contributed by atoms with Crippen molar-refractivity contribution in [1.29, 1.82) is 0 Å². The second kappa shape index (κ2) is 5.57. The van der Waals surface area contributed by atoms with Gasteiger partial charge in [0, 0.05) is 11.5 Å². The molecule has 1 aliphatic rings. The van der Waals surface area contributed by atoms with Gasteiger partial charge < -0.3 is 0 Å². The number of benzene rings is 3. The molecular weight excluding hydrogens is 316 g/mol. The topological polar surface area (TPSA) is 17.8 Å². The molecule has 4 aromatic rings. The summed E-state index contributed by atoms with van der Waals surface area (Å²) in [6.07, 6.45) is 0. The zero-order chi connectivity index (χ0) is 17.8. The van der Waals surface area contributed by atoms with Crippen molar-refractivity contribution in [2.45, 2.75) is 32.6 Å². The highest BCUT2D eigenvalue weighted by Crippen LogP contribution is 2.44. The summed E-state index contributed by atoms with van der Waals surface area (Å²) < 4.78 is 2.39. The number of fused-ring (bicyclic) bond motifs is 7. The molecule has 0 N–H and O–H groups in total. The minimum Gasteiger partial charge on any atom is -0.292 e. The van der Waals surface area contributed by atoms with Crippen molar-refractivity contribution in [3.05, 3.63) is 83.4 Å². The fourth-order valence-electron chi connectivity index (χ4n) is 4.33. The minimum atomic E-state index is 0.334. The van der Waals surface area contributed by atoms with Crippen LogP contribution in [0.15, 0.2) is 66.7 Å². The van der Waals surface area contributed by atoms with E-state index in [1.165, 1.54) is 33.5 Å². The molecule has 1 aliphatic heterocycles. The van der Waals surface area contributed by atoms with E-state index in [9.17, 15) is 0 Å². The smallest absolute Gasteiger partial charge is 0.146 e. The molecule has 0 spiro atoms. The monoisotopic (exact) mass is 338 g/mol. The third kappa shape index (κ3) is 2.02. The van der Waals surface area contributed by atoms with Crippen molar-refractivity contribution in [2.75, 3.05) is 0 Å². The number of aromatic nitrogens is 2. The molecular formula is C24H22N2. The van der Waals surface area contributed by atoms with Crippen LogP contribution in [0.1, 0.15) is 49.3 Å². The Morgan fingerprint density at radius 3 is 2.42 bits per heavy atom. The summed E-state index contributed by atoms with van der Waals surface area (Å²) in [6.45, 7) is 6.87. The normalized spacial score (nSPS) is 15.5. The summed E-state index contributed by atoms with van der Waals surface area (Å²) in [7, 11) is 0.